The van der Waals surface area contributed by atoms with Crippen molar-refractivity contribution in [2.75, 3.05) is 0 Å². The molecule has 3 aromatic rings. The number of rotatable bonds is 2. The molecule has 0 nitrogen and oxygen atoms in total. The van der Waals surface area contributed by atoms with Crippen molar-refractivity contribution < 1.29 is 0 Å². The van der Waals surface area contributed by atoms with Gasteiger partial charge in [-0.2, -0.15) is 0 Å². The maximum Gasteiger partial charge on any atom is 0.0341 e. The van der Waals surface area contributed by atoms with Crippen molar-refractivity contribution in [3.8, 4) is 22.3 Å². The predicted molar refractivity (Wildman–Crippen MR) is 81.4 cm³/mol. The minimum absolute atomic E-state index is 1.29. The van der Waals surface area contributed by atoms with Crippen LogP contribution in [0, 0.1) is 0 Å². The second-order valence-electron chi connectivity index (χ2n) is 4.69. The Morgan fingerprint density at radius 2 is 1.21 bits per heavy atom. The first-order valence-electron chi connectivity index (χ1n) is 6.38. The second-order valence-corrected chi connectivity index (χ2v) is 5.74. The summed E-state index contributed by atoms with van der Waals surface area (Å²) in [4.78, 5) is 2.85. The predicted octanol–water partition coefficient (Wildman–Crippen LogP) is 5.49. The highest BCUT2D eigenvalue weighted by Gasteiger charge is 2.24. The van der Waals surface area contributed by atoms with Crippen molar-refractivity contribution in [1.82, 2.24) is 0 Å². The van der Waals surface area contributed by atoms with E-state index in [1.54, 1.807) is 0 Å². The van der Waals surface area contributed by atoms with Gasteiger partial charge < -0.3 is 0 Å². The molecule has 1 heteroatoms. The molecular weight excluding hydrogens is 248 g/mol. The fraction of sp³-hybridized carbons (Fsp3) is 0. The van der Waals surface area contributed by atoms with Crippen LogP contribution < -0.4 is 0 Å². The maximum absolute atomic E-state index is 2.31. The van der Waals surface area contributed by atoms with Gasteiger partial charge in [0, 0.05) is 9.79 Å². The van der Waals surface area contributed by atoms with Crippen molar-refractivity contribution in [2.45, 2.75) is 9.79 Å². The van der Waals surface area contributed by atoms with Crippen LogP contribution in [0.15, 0.2) is 82.6 Å². The molecule has 0 bridgehead atoms. The van der Waals surface area contributed by atoms with Gasteiger partial charge in [-0.25, -0.2) is 0 Å². The molecule has 4 rings (SSSR count). The molecule has 0 saturated carbocycles. The van der Waals surface area contributed by atoms with E-state index in [1.807, 2.05) is 11.8 Å². The lowest BCUT2D eigenvalue weighted by atomic mass is 9.99. The summed E-state index contributed by atoms with van der Waals surface area (Å²) < 4.78 is 0. The number of fused-ring (bicyclic) bond motifs is 1. The van der Waals surface area contributed by atoms with Gasteiger partial charge in [-0.05, 0) is 34.4 Å². The molecule has 0 unspecified atom stereocenters. The molecule has 1 heterocycles. The van der Waals surface area contributed by atoms with Gasteiger partial charge in [0.05, 0.1) is 0 Å². The smallest absolute Gasteiger partial charge is 0.0341 e. The Hall–Kier alpha value is -1.99. The molecule has 0 fully saturated rings. The third kappa shape index (κ3) is 1.96. The van der Waals surface area contributed by atoms with Crippen LogP contribution in [-0.2, 0) is 0 Å². The highest BCUT2D eigenvalue weighted by Crippen LogP contribution is 2.55. The summed E-state index contributed by atoms with van der Waals surface area (Å²) in [6.07, 6.45) is 0. The lowest BCUT2D eigenvalue weighted by Crippen LogP contribution is -1.80. The topological polar surface area (TPSA) is 0 Å². The molecule has 19 heavy (non-hydrogen) atoms. The average Bonchev–Trinajstić information content (AvgIpc) is 3.27. The Labute approximate surface area is 117 Å². The Balaban J connectivity index is 1.87. The van der Waals surface area contributed by atoms with Gasteiger partial charge in [0.25, 0.3) is 0 Å². The van der Waals surface area contributed by atoms with E-state index in [0.717, 1.165) is 0 Å². The van der Waals surface area contributed by atoms with Gasteiger partial charge in [0.1, 0.15) is 0 Å². The van der Waals surface area contributed by atoms with E-state index in [0.29, 0.717) is 0 Å². The molecular formula is C18H12S. The summed E-state index contributed by atoms with van der Waals surface area (Å²) >= 11 is 1.89. The Kier molecular flexibility index (Phi) is 2.46. The second kappa shape index (κ2) is 4.29. The zero-order chi connectivity index (χ0) is 12.7. The van der Waals surface area contributed by atoms with Crippen LogP contribution in [0.25, 0.3) is 22.3 Å². The normalized spacial score (nSPS) is 12.0. The monoisotopic (exact) mass is 260 g/mol. The number of benzene rings is 3. The summed E-state index contributed by atoms with van der Waals surface area (Å²) in [5.41, 5.74) is 5.27. The first-order chi connectivity index (χ1) is 9.42. The maximum atomic E-state index is 2.31. The Bertz CT molecular complexity index is 730. The van der Waals surface area contributed by atoms with Gasteiger partial charge in [0.15, 0.2) is 0 Å². The average molecular weight is 260 g/mol. The fourth-order valence-electron chi connectivity index (χ4n) is 2.40. The molecule has 0 aliphatic carbocycles. The lowest BCUT2D eigenvalue weighted by Gasteiger charge is -2.04. The highest BCUT2D eigenvalue weighted by molar-refractivity contribution is 8.05. The van der Waals surface area contributed by atoms with Crippen molar-refractivity contribution >= 4 is 11.8 Å². The van der Waals surface area contributed by atoms with Crippen molar-refractivity contribution in [3.05, 3.63) is 72.8 Å². The van der Waals surface area contributed by atoms with Crippen LogP contribution in [0.2, 0.25) is 0 Å². The molecule has 90 valence electrons. The summed E-state index contributed by atoms with van der Waals surface area (Å²) in [5.74, 6) is 0. The van der Waals surface area contributed by atoms with Gasteiger partial charge in [0.2, 0.25) is 0 Å². The fourth-order valence-corrected chi connectivity index (χ4v) is 3.21. The minimum Gasteiger partial charge on any atom is -0.0870 e. The van der Waals surface area contributed by atoms with E-state index in [1.165, 1.54) is 32.0 Å². The van der Waals surface area contributed by atoms with E-state index in [9.17, 15) is 0 Å². The first-order valence-corrected chi connectivity index (χ1v) is 7.20. The van der Waals surface area contributed by atoms with Crippen LogP contribution >= 0.6 is 11.8 Å². The summed E-state index contributed by atoms with van der Waals surface area (Å²) in [5, 5.41) is 0. The number of hydrogen-bond acceptors (Lipinski definition) is 1. The molecule has 0 spiro atoms. The van der Waals surface area contributed by atoms with E-state index in [4.69, 9.17) is 0 Å². The highest BCUT2D eigenvalue weighted by atomic mass is 32.2. The molecule has 0 N–H and O–H groups in total. The van der Waals surface area contributed by atoms with Crippen molar-refractivity contribution in [2.24, 2.45) is 0 Å². The molecule has 3 aromatic carbocycles. The zero-order valence-corrected chi connectivity index (χ0v) is 11.2. The summed E-state index contributed by atoms with van der Waals surface area (Å²) in [6, 6.07) is 25.8. The SMILES string of the molecule is c1ccc(-c2cc3c(c(-c4ccccc4)c2)S3)cc1. The van der Waals surface area contributed by atoms with Crippen LogP contribution in [0.4, 0.5) is 0 Å². The lowest BCUT2D eigenvalue weighted by molar-refractivity contribution is 1.37. The molecule has 0 atom stereocenters. The summed E-state index contributed by atoms with van der Waals surface area (Å²) in [6.45, 7) is 0. The van der Waals surface area contributed by atoms with Gasteiger partial charge in [-0.1, -0.05) is 72.4 Å². The molecule has 0 radical (unpaired) electrons. The van der Waals surface area contributed by atoms with E-state index in [2.05, 4.69) is 72.8 Å². The van der Waals surface area contributed by atoms with E-state index in [-0.39, 0.29) is 0 Å². The van der Waals surface area contributed by atoms with Crippen molar-refractivity contribution in [3.63, 3.8) is 0 Å². The largest absolute Gasteiger partial charge is 0.0870 e. The third-order valence-corrected chi connectivity index (χ3v) is 4.40. The molecule has 0 saturated heterocycles. The zero-order valence-electron chi connectivity index (χ0n) is 10.3. The minimum atomic E-state index is 1.29. The van der Waals surface area contributed by atoms with Gasteiger partial charge in [-0.3, -0.25) is 0 Å². The quantitative estimate of drug-likeness (QED) is 0.430. The Morgan fingerprint density at radius 1 is 0.579 bits per heavy atom. The third-order valence-electron chi connectivity index (χ3n) is 3.42. The number of hydrogen-bond donors (Lipinski definition) is 0. The standard InChI is InChI=1S/C18H12S/c1-3-7-13(8-4-1)15-11-16(18-17(12-15)19-18)14-9-5-2-6-10-14/h1-12H. The Morgan fingerprint density at radius 3 is 1.89 bits per heavy atom. The molecule has 1 aliphatic heterocycles. The van der Waals surface area contributed by atoms with Crippen LogP contribution in [-0.4, -0.2) is 0 Å². The van der Waals surface area contributed by atoms with Crippen LogP contribution in [0.5, 0.6) is 0 Å². The van der Waals surface area contributed by atoms with Gasteiger partial charge in [-0.15, -0.1) is 0 Å². The van der Waals surface area contributed by atoms with E-state index >= 15 is 0 Å². The molecule has 1 aliphatic rings. The van der Waals surface area contributed by atoms with Crippen LogP contribution in [0.1, 0.15) is 0 Å². The van der Waals surface area contributed by atoms with E-state index < -0.39 is 0 Å². The van der Waals surface area contributed by atoms with Gasteiger partial charge >= 0.3 is 0 Å². The van der Waals surface area contributed by atoms with Crippen molar-refractivity contribution in [1.29, 1.82) is 0 Å². The van der Waals surface area contributed by atoms with Crippen LogP contribution in [0.3, 0.4) is 0 Å². The summed E-state index contributed by atoms with van der Waals surface area (Å²) in [7, 11) is 0. The molecule has 0 amide bonds. The molecule has 0 aromatic heterocycles. The first kappa shape index (κ1) is 10.9.